The minimum atomic E-state index is -0.366. The fraction of sp³-hybridized carbons (Fsp3) is 0.133. The Morgan fingerprint density at radius 3 is 2.75 bits per heavy atom. The van der Waals surface area contributed by atoms with Crippen molar-refractivity contribution >= 4 is 17.4 Å². The molecule has 0 saturated heterocycles. The zero-order chi connectivity index (χ0) is 14.7. The SMILES string of the molecule is Cc1ccc(C(=N)N)cc1OCc1cc(Cl)ccc1F. The summed E-state index contributed by atoms with van der Waals surface area (Å²) in [5, 5.41) is 7.86. The highest BCUT2D eigenvalue weighted by molar-refractivity contribution is 6.30. The van der Waals surface area contributed by atoms with Gasteiger partial charge in [0, 0.05) is 16.1 Å². The molecule has 5 heteroatoms. The van der Waals surface area contributed by atoms with Crippen LogP contribution in [-0.4, -0.2) is 5.84 Å². The van der Waals surface area contributed by atoms with Crippen LogP contribution < -0.4 is 10.5 Å². The van der Waals surface area contributed by atoms with Crippen molar-refractivity contribution in [3.8, 4) is 5.75 Å². The van der Waals surface area contributed by atoms with Crippen LogP contribution in [0.25, 0.3) is 0 Å². The molecule has 0 unspecified atom stereocenters. The van der Waals surface area contributed by atoms with Gasteiger partial charge in [0.15, 0.2) is 0 Å². The summed E-state index contributed by atoms with van der Waals surface area (Å²) >= 11 is 5.83. The summed E-state index contributed by atoms with van der Waals surface area (Å²) < 4.78 is 19.2. The number of benzene rings is 2. The maximum atomic E-state index is 13.6. The number of nitrogens with two attached hydrogens (primary N) is 1. The average molecular weight is 293 g/mol. The predicted octanol–water partition coefficient (Wildman–Crippen LogP) is 3.65. The fourth-order valence-electron chi connectivity index (χ4n) is 1.73. The smallest absolute Gasteiger partial charge is 0.129 e. The summed E-state index contributed by atoms with van der Waals surface area (Å²) in [6.07, 6.45) is 0. The van der Waals surface area contributed by atoms with Crippen LogP contribution in [0.2, 0.25) is 5.02 Å². The number of rotatable bonds is 4. The van der Waals surface area contributed by atoms with Gasteiger partial charge in [-0.3, -0.25) is 5.41 Å². The summed E-state index contributed by atoms with van der Waals surface area (Å²) in [6, 6.07) is 9.54. The molecule has 2 aromatic rings. The maximum absolute atomic E-state index is 13.6. The molecular formula is C15H14ClFN2O. The van der Waals surface area contributed by atoms with Crippen LogP contribution in [0.5, 0.6) is 5.75 Å². The van der Waals surface area contributed by atoms with Crippen molar-refractivity contribution in [1.29, 1.82) is 5.41 Å². The van der Waals surface area contributed by atoms with Gasteiger partial charge < -0.3 is 10.5 Å². The lowest BCUT2D eigenvalue weighted by Gasteiger charge is -2.11. The highest BCUT2D eigenvalue weighted by Crippen LogP contribution is 2.22. The zero-order valence-electron chi connectivity index (χ0n) is 10.9. The number of ether oxygens (including phenoxy) is 1. The van der Waals surface area contributed by atoms with Crippen molar-refractivity contribution < 1.29 is 9.13 Å². The third kappa shape index (κ3) is 3.27. The van der Waals surface area contributed by atoms with Gasteiger partial charge in [0.05, 0.1) is 0 Å². The molecule has 0 heterocycles. The average Bonchev–Trinajstić information content (AvgIpc) is 2.41. The van der Waals surface area contributed by atoms with Crippen LogP contribution >= 0.6 is 11.6 Å². The third-order valence-corrected chi connectivity index (χ3v) is 3.13. The predicted molar refractivity (Wildman–Crippen MR) is 77.9 cm³/mol. The zero-order valence-corrected chi connectivity index (χ0v) is 11.7. The first-order valence-electron chi connectivity index (χ1n) is 5.99. The van der Waals surface area contributed by atoms with Gasteiger partial charge in [-0.15, -0.1) is 0 Å². The minimum absolute atomic E-state index is 0.0382. The highest BCUT2D eigenvalue weighted by Gasteiger charge is 2.07. The summed E-state index contributed by atoms with van der Waals surface area (Å²) in [7, 11) is 0. The van der Waals surface area contributed by atoms with Crippen LogP contribution in [0.4, 0.5) is 4.39 Å². The normalized spacial score (nSPS) is 10.3. The van der Waals surface area contributed by atoms with Crippen molar-refractivity contribution in [3.63, 3.8) is 0 Å². The lowest BCUT2D eigenvalue weighted by molar-refractivity contribution is 0.298. The van der Waals surface area contributed by atoms with Gasteiger partial charge in [-0.25, -0.2) is 4.39 Å². The molecule has 0 aliphatic rings. The maximum Gasteiger partial charge on any atom is 0.129 e. The number of hydrogen-bond donors (Lipinski definition) is 2. The largest absolute Gasteiger partial charge is 0.489 e. The van der Waals surface area contributed by atoms with E-state index >= 15 is 0 Å². The summed E-state index contributed by atoms with van der Waals surface area (Å²) in [5.74, 6) is 0.163. The quantitative estimate of drug-likeness (QED) is 0.667. The monoisotopic (exact) mass is 292 g/mol. The van der Waals surface area contributed by atoms with Crippen LogP contribution in [0.1, 0.15) is 16.7 Å². The highest BCUT2D eigenvalue weighted by atomic mass is 35.5. The summed E-state index contributed by atoms with van der Waals surface area (Å²) in [4.78, 5) is 0. The van der Waals surface area contributed by atoms with E-state index in [1.165, 1.54) is 18.2 Å². The molecule has 0 fully saturated rings. The van der Waals surface area contributed by atoms with Crippen molar-refractivity contribution in [2.24, 2.45) is 5.73 Å². The van der Waals surface area contributed by atoms with Gasteiger partial charge in [-0.1, -0.05) is 23.7 Å². The lowest BCUT2D eigenvalue weighted by atomic mass is 10.1. The standard InChI is InChI=1S/C15H14ClFN2O/c1-9-2-3-10(15(18)19)7-14(9)20-8-11-6-12(16)4-5-13(11)17/h2-7H,8H2,1H3,(H3,18,19). The lowest BCUT2D eigenvalue weighted by Crippen LogP contribution is -2.11. The number of aryl methyl sites for hydroxylation is 1. The Labute approximate surface area is 121 Å². The molecule has 0 aromatic heterocycles. The van der Waals surface area contributed by atoms with Crippen LogP contribution in [0.15, 0.2) is 36.4 Å². The van der Waals surface area contributed by atoms with E-state index in [0.717, 1.165) is 5.56 Å². The van der Waals surface area contributed by atoms with E-state index in [1.54, 1.807) is 18.2 Å². The summed E-state index contributed by atoms with van der Waals surface area (Å²) in [6.45, 7) is 1.93. The number of hydrogen-bond acceptors (Lipinski definition) is 2. The number of nitrogens with one attached hydrogen (secondary N) is 1. The topological polar surface area (TPSA) is 59.1 Å². The van der Waals surface area contributed by atoms with Gasteiger partial charge in [0.1, 0.15) is 24.0 Å². The first-order valence-corrected chi connectivity index (χ1v) is 6.37. The molecule has 104 valence electrons. The van der Waals surface area contributed by atoms with E-state index in [2.05, 4.69) is 0 Å². The molecule has 0 aliphatic carbocycles. The van der Waals surface area contributed by atoms with Crippen LogP contribution in [0.3, 0.4) is 0 Å². The third-order valence-electron chi connectivity index (χ3n) is 2.89. The van der Waals surface area contributed by atoms with Gasteiger partial charge >= 0.3 is 0 Å². The second kappa shape index (κ2) is 5.92. The van der Waals surface area contributed by atoms with Gasteiger partial charge in [0.2, 0.25) is 0 Å². The molecule has 3 nitrogen and oxygen atoms in total. The molecular weight excluding hydrogens is 279 g/mol. The number of amidine groups is 1. The Morgan fingerprint density at radius 1 is 1.30 bits per heavy atom. The first kappa shape index (κ1) is 14.3. The number of nitrogen functional groups attached to an aromatic ring is 1. The van der Waals surface area contributed by atoms with Crippen LogP contribution in [-0.2, 0) is 6.61 Å². The Morgan fingerprint density at radius 2 is 2.05 bits per heavy atom. The second-order valence-electron chi connectivity index (χ2n) is 4.42. The van der Waals surface area contributed by atoms with Crippen molar-refractivity contribution in [1.82, 2.24) is 0 Å². The van der Waals surface area contributed by atoms with E-state index in [0.29, 0.717) is 21.9 Å². The van der Waals surface area contributed by atoms with E-state index < -0.39 is 0 Å². The number of halogens is 2. The van der Waals surface area contributed by atoms with Crippen molar-refractivity contribution in [2.45, 2.75) is 13.5 Å². The molecule has 20 heavy (non-hydrogen) atoms. The molecule has 2 aromatic carbocycles. The molecule has 0 aliphatic heterocycles. The Hall–Kier alpha value is -2.07. The molecule has 0 atom stereocenters. The van der Waals surface area contributed by atoms with Gasteiger partial charge in [-0.2, -0.15) is 0 Å². The molecule has 2 rings (SSSR count). The van der Waals surface area contributed by atoms with Crippen molar-refractivity contribution in [3.05, 3.63) is 63.9 Å². The van der Waals surface area contributed by atoms with Crippen molar-refractivity contribution in [2.75, 3.05) is 0 Å². The Bertz CT molecular complexity index is 658. The Kier molecular flexibility index (Phi) is 4.25. The molecule has 3 N–H and O–H groups in total. The summed E-state index contributed by atoms with van der Waals surface area (Å²) in [5.41, 5.74) is 7.27. The van der Waals surface area contributed by atoms with E-state index in [-0.39, 0.29) is 18.3 Å². The minimum Gasteiger partial charge on any atom is -0.489 e. The molecule has 0 bridgehead atoms. The molecule has 0 saturated carbocycles. The van der Waals surface area contributed by atoms with Crippen LogP contribution in [0, 0.1) is 18.2 Å². The van der Waals surface area contributed by atoms with Gasteiger partial charge in [0.25, 0.3) is 0 Å². The second-order valence-corrected chi connectivity index (χ2v) is 4.85. The molecule has 0 amide bonds. The molecule has 0 radical (unpaired) electrons. The van der Waals surface area contributed by atoms with E-state index in [4.69, 9.17) is 27.5 Å². The molecule has 0 spiro atoms. The fourth-order valence-corrected chi connectivity index (χ4v) is 1.93. The van der Waals surface area contributed by atoms with E-state index in [1.807, 2.05) is 6.92 Å². The van der Waals surface area contributed by atoms with Gasteiger partial charge in [-0.05, 0) is 36.8 Å². The van der Waals surface area contributed by atoms with E-state index in [9.17, 15) is 4.39 Å². The first-order chi connectivity index (χ1) is 9.47. The Balaban J connectivity index is 2.20.